The van der Waals surface area contributed by atoms with Crippen LogP contribution in [0.5, 0.6) is 0 Å². The Labute approximate surface area is 136 Å². The molecular weight excluding hydrogens is 316 g/mol. The number of aliphatic imine (C=N–C) groups is 1. The predicted octanol–water partition coefficient (Wildman–Crippen LogP) is 1.75. The maximum atomic E-state index is 12.3. The number of cyclic esters (lactones) is 1. The monoisotopic (exact) mass is 330 g/mol. The lowest BCUT2D eigenvalue weighted by Crippen LogP contribution is -2.35. The van der Waals surface area contributed by atoms with Gasteiger partial charge in [0.2, 0.25) is 0 Å². The standard InChI is InChI=1S/C16H14N2O6/c1-8-12(15(19)23-2)13(14-10(17-8)7-24-16(14)20)9-5-3-4-6-11(9)18(21)22/h3-6,12-13H,7H2,1-2H3. The number of nitro benzene ring substituents is 1. The number of methoxy groups -OCH3 is 1. The number of carbonyl (C=O) groups is 2. The van der Waals surface area contributed by atoms with Crippen LogP contribution in [0.3, 0.4) is 0 Å². The third kappa shape index (κ3) is 2.36. The lowest BCUT2D eigenvalue weighted by molar-refractivity contribution is -0.385. The van der Waals surface area contributed by atoms with E-state index in [1.165, 1.54) is 25.3 Å². The van der Waals surface area contributed by atoms with Crippen molar-refractivity contribution in [3.8, 4) is 0 Å². The van der Waals surface area contributed by atoms with E-state index in [-0.39, 0.29) is 23.4 Å². The van der Waals surface area contributed by atoms with Crippen molar-refractivity contribution < 1.29 is 24.0 Å². The van der Waals surface area contributed by atoms with Crippen LogP contribution in [0.4, 0.5) is 5.69 Å². The van der Waals surface area contributed by atoms with E-state index in [1.807, 2.05) is 0 Å². The van der Waals surface area contributed by atoms with Crippen molar-refractivity contribution in [2.45, 2.75) is 12.8 Å². The average Bonchev–Trinajstić information content (AvgIpc) is 2.93. The zero-order valence-electron chi connectivity index (χ0n) is 13.0. The van der Waals surface area contributed by atoms with Crippen LogP contribution in [0.25, 0.3) is 0 Å². The van der Waals surface area contributed by atoms with Crippen molar-refractivity contribution in [2.75, 3.05) is 13.7 Å². The molecule has 0 aromatic heterocycles. The van der Waals surface area contributed by atoms with Crippen LogP contribution >= 0.6 is 0 Å². The molecule has 124 valence electrons. The van der Waals surface area contributed by atoms with Gasteiger partial charge in [0.05, 0.1) is 23.3 Å². The van der Waals surface area contributed by atoms with E-state index >= 15 is 0 Å². The minimum absolute atomic E-state index is 0.00344. The largest absolute Gasteiger partial charge is 0.468 e. The number of rotatable bonds is 3. The van der Waals surface area contributed by atoms with Gasteiger partial charge >= 0.3 is 11.9 Å². The molecule has 0 radical (unpaired) electrons. The molecule has 1 aromatic rings. The molecule has 0 fully saturated rings. The van der Waals surface area contributed by atoms with E-state index < -0.39 is 28.7 Å². The first-order chi connectivity index (χ1) is 11.5. The maximum Gasteiger partial charge on any atom is 0.337 e. The Hall–Kier alpha value is -3.03. The quantitative estimate of drug-likeness (QED) is 0.474. The van der Waals surface area contributed by atoms with E-state index in [2.05, 4.69) is 4.99 Å². The van der Waals surface area contributed by atoms with Crippen LogP contribution in [-0.2, 0) is 19.1 Å². The molecule has 3 rings (SSSR count). The van der Waals surface area contributed by atoms with Gasteiger partial charge in [-0.3, -0.25) is 19.9 Å². The minimum atomic E-state index is -0.916. The third-order valence-corrected chi connectivity index (χ3v) is 4.20. The molecule has 2 unspecified atom stereocenters. The van der Waals surface area contributed by atoms with Gasteiger partial charge in [0.1, 0.15) is 12.5 Å². The van der Waals surface area contributed by atoms with Gasteiger partial charge in [-0.15, -0.1) is 0 Å². The van der Waals surface area contributed by atoms with Gasteiger partial charge in [-0.25, -0.2) is 4.79 Å². The smallest absolute Gasteiger partial charge is 0.337 e. The number of nitrogens with zero attached hydrogens (tertiary/aromatic N) is 2. The van der Waals surface area contributed by atoms with Crippen LogP contribution in [0.15, 0.2) is 40.5 Å². The molecule has 8 heteroatoms. The molecule has 0 bridgehead atoms. The minimum Gasteiger partial charge on any atom is -0.468 e. The Morgan fingerprint density at radius 1 is 1.42 bits per heavy atom. The molecule has 2 aliphatic heterocycles. The summed E-state index contributed by atoms with van der Waals surface area (Å²) in [6.07, 6.45) is 0. The van der Waals surface area contributed by atoms with Crippen LogP contribution in [0, 0.1) is 16.0 Å². The highest BCUT2D eigenvalue weighted by Crippen LogP contribution is 2.44. The van der Waals surface area contributed by atoms with Gasteiger partial charge in [0, 0.05) is 23.3 Å². The number of hydrogen-bond donors (Lipinski definition) is 0. The number of nitro groups is 1. The van der Waals surface area contributed by atoms with Crippen LogP contribution in [0.2, 0.25) is 0 Å². The first kappa shape index (κ1) is 15.9. The summed E-state index contributed by atoms with van der Waals surface area (Å²) in [4.78, 5) is 39.6. The van der Waals surface area contributed by atoms with E-state index in [9.17, 15) is 19.7 Å². The molecule has 0 saturated carbocycles. The average molecular weight is 330 g/mol. The topological polar surface area (TPSA) is 108 Å². The summed E-state index contributed by atoms with van der Waals surface area (Å²) in [5, 5.41) is 11.4. The molecule has 0 amide bonds. The Morgan fingerprint density at radius 2 is 2.12 bits per heavy atom. The van der Waals surface area contributed by atoms with Crippen molar-refractivity contribution in [1.82, 2.24) is 0 Å². The van der Waals surface area contributed by atoms with E-state index in [1.54, 1.807) is 13.0 Å². The van der Waals surface area contributed by atoms with Gasteiger partial charge in [-0.05, 0) is 6.92 Å². The summed E-state index contributed by atoms with van der Waals surface area (Å²) in [6, 6.07) is 6.03. The van der Waals surface area contributed by atoms with Crippen molar-refractivity contribution in [2.24, 2.45) is 10.9 Å². The van der Waals surface area contributed by atoms with E-state index in [0.29, 0.717) is 11.4 Å². The highest BCUT2D eigenvalue weighted by molar-refractivity contribution is 6.08. The van der Waals surface area contributed by atoms with Gasteiger partial charge in [0.15, 0.2) is 0 Å². The highest BCUT2D eigenvalue weighted by atomic mass is 16.6. The number of esters is 2. The molecule has 2 aliphatic rings. The van der Waals surface area contributed by atoms with Crippen LogP contribution < -0.4 is 0 Å². The molecule has 0 N–H and O–H groups in total. The maximum absolute atomic E-state index is 12.3. The zero-order chi connectivity index (χ0) is 17.4. The van der Waals surface area contributed by atoms with Crippen molar-refractivity contribution in [3.63, 3.8) is 0 Å². The summed E-state index contributed by atoms with van der Waals surface area (Å²) in [5.41, 5.74) is 1.12. The number of benzene rings is 1. The van der Waals surface area contributed by atoms with Crippen LogP contribution in [0.1, 0.15) is 18.4 Å². The lowest BCUT2D eigenvalue weighted by Gasteiger charge is -2.28. The lowest BCUT2D eigenvalue weighted by atomic mass is 9.75. The SMILES string of the molecule is COC(=O)C1C(C)=NC2=C(C(=O)OC2)C1c1ccccc1[N+](=O)[O-]. The zero-order valence-corrected chi connectivity index (χ0v) is 13.0. The van der Waals surface area contributed by atoms with Gasteiger partial charge in [-0.1, -0.05) is 18.2 Å². The molecule has 24 heavy (non-hydrogen) atoms. The van der Waals surface area contributed by atoms with E-state index in [4.69, 9.17) is 9.47 Å². The molecule has 0 spiro atoms. The highest BCUT2D eigenvalue weighted by Gasteiger charge is 2.47. The Balaban J connectivity index is 2.24. The first-order valence-corrected chi connectivity index (χ1v) is 7.22. The number of hydrogen-bond acceptors (Lipinski definition) is 7. The molecule has 0 aliphatic carbocycles. The van der Waals surface area contributed by atoms with Crippen molar-refractivity contribution in [3.05, 3.63) is 51.2 Å². The Kier molecular flexibility index (Phi) is 3.88. The Bertz CT molecular complexity index is 811. The van der Waals surface area contributed by atoms with E-state index in [0.717, 1.165) is 0 Å². The molecular formula is C16H14N2O6. The number of ether oxygens (including phenoxy) is 2. The summed E-state index contributed by atoms with van der Waals surface area (Å²) in [5.74, 6) is -2.99. The molecule has 1 aromatic carbocycles. The van der Waals surface area contributed by atoms with Crippen molar-refractivity contribution in [1.29, 1.82) is 0 Å². The summed E-state index contributed by atoms with van der Waals surface area (Å²) >= 11 is 0. The number of carbonyl (C=O) groups excluding carboxylic acids is 2. The molecule has 0 saturated heterocycles. The fraction of sp³-hybridized carbons (Fsp3) is 0.312. The van der Waals surface area contributed by atoms with Crippen LogP contribution in [-0.4, -0.2) is 36.3 Å². The second kappa shape index (κ2) is 5.88. The summed E-state index contributed by atoms with van der Waals surface area (Å²) < 4.78 is 9.85. The van der Waals surface area contributed by atoms with Crippen molar-refractivity contribution >= 4 is 23.3 Å². The molecule has 2 atom stereocenters. The first-order valence-electron chi connectivity index (χ1n) is 7.22. The van der Waals surface area contributed by atoms with Gasteiger partial charge in [-0.2, -0.15) is 0 Å². The second-order valence-electron chi connectivity index (χ2n) is 5.48. The Morgan fingerprint density at radius 3 is 2.79 bits per heavy atom. The normalized spacial score (nSPS) is 22.6. The predicted molar refractivity (Wildman–Crippen MR) is 82.4 cm³/mol. The molecule has 8 nitrogen and oxygen atoms in total. The molecule has 2 heterocycles. The fourth-order valence-corrected chi connectivity index (χ4v) is 3.18. The second-order valence-corrected chi connectivity index (χ2v) is 5.48. The summed E-state index contributed by atoms with van der Waals surface area (Å²) in [7, 11) is 1.23. The fourth-order valence-electron chi connectivity index (χ4n) is 3.18. The van der Waals surface area contributed by atoms with Gasteiger partial charge in [0.25, 0.3) is 5.69 Å². The van der Waals surface area contributed by atoms with Gasteiger partial charge < -0.3 is 9.47 Å². The summed E-state index contributed by atoms with van der Waals surface area (Å²) in [6.45, 7) is 1.63. The number of para-hydroxylation sites is 1. The third-order valence-electron chi connectivity index (χ3n) is 4.20.